The highest BCUT2D eigenvalue weighted by Crippen LogP contribution is 2.33. The Morgan fingerprint density at radius 2 is 2.24 bits per heavy atom. The fraction of sp³-hybridized carbons (Fsp3) is 0.562. The minimum absolute atomic E-state index is 0.0369. The molecule has 1 heterocycles. The summed E-state index contributed by atoms with van der Waals surface area (Å²) in [6.45, 7) is 1.27. The van der Waals surface area contributed by atoms with E-state index in [9.17, 15) is 9.90 Å². The molecule has 0 bridgehead atoms. The van der Waals surface area contributed by atoms with Gasteiger partial charge in [-0.1, -0.05) is 30.3 Å². The Morgan fingerprint density at radius 1 is 1.48 bits per heavy atom. The number of ether oxygens (including phenoxy) is 1. The van der Waals surface area contributed by atoms with Crippen LogP contribution in [0.4, 0.5) is 0 Å². The molecule has 1 amide bonds. The third-order valence-corrected chi connectivity index (χ3v) is 4.42. The predicted molar refractivity (Wildman–Crippen MR) is 85.3 cm³/mol. The van der Waals surface area contributed by atoms with Crippen LogP contribution in [0.1, 0.15) is 24.5 Å². The van der Waals surface area contributed by atoms with Crippen molar-refractivity contribution in [1.29, 1.82) is 0 Å². The van der Waals surface area contributed by atoms with Crippen LogP contribution in [-0.4, -0.2) is 42.3 Å². The molecule has 21 heavy (non-hydrogen) atoms. The molecule has 3 atom stereocenters. The summed E-state index contributed by atoms with van der Waals surface area (Å²) < 4.78 is 5.79. The standard InChI is InChI=1S/C16H23NO3S/c1-21-10-8-14(18)16(19)17-11-13-7-9-20-15(13)12-5-3-2-4-6-12/h2-6,13-15,18H,7-11H2,1H3,(H,17,19)/t13-,14-,15-/m0/s1. The molecule has 5 heteroatoms. The van der Waals surface area contributed by atoms with E-state index < -0.39 is 6.10 Å². The van der Waals surface area contributed by atoms with E-state index in [0.29, 0.717) is 13.0 Å². The van der Waals surface area contributed by atoms with Gasteiger partial charge in [-0.2, -0.15) is 11.8 Å². The number of aliphatic hydroxyl groups excluding tert-OH is 1. The number of hydrogen-bond donors (Lipinski definition) is 2. The van der Waals surface area contributed by atoms with E-state index in [4.69, 9.17) is 4.74 Å². The number of thioether (sulfide) groups is 1. The summed E-state index contributed by atoms with van der Waals surface area (Å²) in [4.78, 5) is 11.8. The zero-order valence-electron chi connectivity index (χ0n) is 12.3. The maximum absolute atomic E-state index is 11.8. The smallest absolute Gasteiger partial charge is 0.248 e. The molecular weight excluding hydrogens is 286 g/mol. The van der Waals surface area contributed by atoms with Crippen LogP contribution in [0.2, 0.25) is 0 Å². The van der Waals surface area contributed by atoms with Crippen molar-refractivity contribution in [3.63, 3.8) is 0 Å². The van der Waals surface area contributed by atoms with Gasteiger partial charge in [-0.3, -0.25) is 4.79 Å². The lowest BCUT2D eigenvalue weighted by molar-refractivity contribution is -0.129. The van der Waals surface area contributed by atoms with Crippen molar-refractivity contribution >= 4 is 17.7 Å². The molecule has 0 aliphatic carbocycles. The number of amides is 1. The summed E-state index contributed by atoms with van der Waals surface area (Å²) in [6.07, 6.45) is 2.52. The SMILES string of the molecule is CSCC[C@H](O)C(=O)NC[C@@H]1CCO[C@H]1c1ccccc1. The second kappa shape index (κ2) is 8.41. The molecular formula is C16H23NO3S. The molecule has 1 aromatic carbocycles. The lowest BCUT2D eigenvalue weighted by Crippen LogP contribution is -2.38. The number of carbonyl (C=O) groups excluding carboxylic acids is 1. The molecule has 2 rings (SSSR count). The van der Waals surface area contributed by atoms with Gasteiger partial charge in [0.05, 0.1) is 6.10 Å². The number of rotatable bonds is 7. The molecule has 4 nitrogen and oxygen atoms in total. The largest absolute Gasteiger partial charge is 0.383 e. The molecule has 0 aromatic heterocycles. The van der Waals surface area contributed by atoms with E-state index in [2.05, 4.69) is 17.4 Å². The number of hydrogen-bond acceptors (Lipinski definition) is 4. The van der Waals surface area contributed by atoms with Crippen LogP contribution in [0.25, 0.3) is 0 Å². The van der Waals surface area contributed by atoms with Gasteiger partial charge >= 0.3 is 0 Å². The minimum Gasteiger partial charge on any atom is -0.383 e. The van der Waals surface area contributed by atoms with Gasteiger partial charge < -0.3 is 15.2 Å². The van der Waals surface area contributed by atoms with Gasteiger partial charge in [-0.25, -0.2) is 0 Å². The molecule has 1 fully saturated rings. The van der Waals surface area contributed by atoms with Crippen LogP contribution in [0.3, 0.4) is 0 Å². The molecule has 2 N–H and O–H groups in total. The van der Waals surface area contributed by atoms with E-state index in [-0.39, 0.29) is 17.9 Å². The second-order valence-electron chi connectivity index (χ2n) is 5.29. The topological polar surface area (TPSA) is 58.6 Å². The molecule has 0 saturated carbocycles. The normalized spacial score (nSPS) is 23.0. The number of nitrogens with one attached hydrogen (secondary N) is 1. The molecule has 0 radical (unpaired) electrons. The van der Waals surface area contributed by atoms with Crippen LogP contribution in [0, 0.1) is 5.92 Å². The van der Waals surface area contributed by atoms with E-state index >= 15 is 0 Å². The first-order valence-corrected chi connectivity index (χ1v) is 8.73. The van der Waals surface area contributed by atoms with Crippen LogP contribution in [0.15, 0.2) is 30.3 Å². The van der Waals surface area contributed by atoms with Crippen molar-refractivity contribution in [2.24, 2.45) is 5.92 Å². The molecule has 1 aliphatic rings. The van der Waals surface area contributed by atoms with Crippen molar-refractivity contribution in [2.75, 3.05) is 25.2 Å². The summed E-state index contributed by atoms with van der Waals surface area (Å²) in [6, 6.07) is 10.1. The quantitative estimate of drug-likeness (QED) is 0.809. The number of carbonyl (C=O) groups is 1. The van der Waals surface area contributed by atoms with Crippen LogP contribution >= 0.6 is 11.8 Å². The van der Waals surface area contributed by atoms with Crippen molar-refractivity contribution in [3.8, 4) is 0 Å². The van der Waals surface area contributed by atoms with Gasteiger partial charge in [0.2, 0.25) is 5.91 Å². The van der Waals surface area contributed by atoms with E-state index in [1.165, 1.54) is 0 Å². The second-order valence-corrected chi connectivity index (χ2v) is 6.28. The Kier molecular flexibility index (Phi) is 6.54. The molecule has 1 saturated heterocycles. The van der Waals surface area contributed by atoms with Crippen molar-refractivity contribution < 1.29 is 14.6 Å². The van der Waals surface area contributed by atoms with Gasteiger partial charge in [0.1, 0.15) is 6.10 Å². The molecule has 0 spiro atoms. The van der Waals surface area contributed by atoms with Crippen LogP contribution < -0.4 is 5.32 Å². The molecule has 116 valence electrons. The Morgan fingerprint density at radius 3 is 2.95 bits per heavy atom. The molecule has 1 aliphatic heterocycles. The van der Waals surface area contributed by atoms with Crippen molar-refractivity contribution in [1.82, 2.24) is 5.32 Å². The summed E-state index contributed by atoms with van der Waals surface area (Å²) in [7, 11) is 0. The predicted octanol–water partition coefficient (Wildman–Crippen LogP) is 1.99. The highest BCUT2D eigenvalue weighted by molar-refractivity contribution is 7.98. The van der Waals surface area contributed by atoms with Gasteiger partial charge in [-0.15, -0.1) is 0 Å². The summed E-state index contributed by atoms with van der Waals surface area (Å²) in [5.74, 6) is 0.778. The van der Waals surface area contributed by atoms with E-state index in [0.717, 1.165) is 24.3 Å². The van der Waals surface area contributed by atoms with E-state index in [1.54, 1.807) is 11.8 Å². The van der Waals surface area contributed by atoms with Crippen molar-refractivity contribution in [2.45, 2.75) is 25.0 Å². The van der Waals surface area contributed by atoms with Gasteiger partial charge in [-0.05, 0) is 30.4 Å². The first-order valence-electron chi connectivity index (χ1n) is 7.33. The Hall–Kier alpha value is -1.04. The summed E-state index contributed by atoms with van der Waals surface area (Å²) >= 11 is 1.63. The van der Waals surface area contributed by atoms with Gasteiger partial charge in [0.15, 0.2) is 0 Å². The zero-order valence-corrected chi connectivity index (χ0v) is 13.1. The lowest BCUT2D eigenvalue weighted by Gasteiger charge is -2.20. The van der Waals surface area contributed by atoms with Crippen LogP contribution in [-0.2, 0) is 9.53 Å². The Balaban J connectivity index is 1.83. The number of aliphatic hydroxyl groups is 1. The molecule has 0 unspecified atom stereocenters. The number of benzene rings is 1. The maximum atomic E-state index is 11.8. The Labute approximate surface area is 130 Å². The monoisotopic (exact) mass is 309 g/mol. The third kappa shape index (κ3) is 4.73. The highest BCUT2D eigenvalue weighted by atomic mass is 32.2. The van der Waals surface area contributed by atoms with E-state index in [1.807, 2.05) is 24.5 Å². The third-order valence-electron chi connectivity index (χ3n) is 3.78. The summed E-state index contributed by atoms with van der Waals surface area (Å²) in [5.41, 5.74) is 1.15. The lowest BCUT2D eigenvalue weighted by atomic mass is 9.95. The fourth-order valence-corrected chi connectivity index (χ4v) is 3.02. The maximum Gasteiger partial charge on any atom is 0.248 e. The van der Waals surface area contributed by atoms with Crippen LogP contribution in [0.5, 0.6) is 0 Å². The first-order chi connectivity index (χ1) is 10.2. The first kappa shape index (κ1) is 16.3. The van der Waals surface area contributed by atoms with Crippen molar-refractivity contribution in [3.05, 3.63) is 35.9 Å². The average molecular weight is 309 g/mol. The average Bonchev–Trinajstić information content (AvgIpc) is 2.99. The minimum atomic E-state index is -0.907. The Bertz CT molecular complexity index is 440. The molecule has 1 aromatic rings. The highest BCUT2D eigenvalue weighted by Gasteiger charge is 2.30. The zero-order chi connectivity index (χ0) is 15.1. The van der Waals surface area contributed by atoms with Gasteiger partial charge in [0.25, 0.3) is 0 Å². The van der Waals surface area contributed by atoms with Gasteiger partial charge in [0, 0.05) is 19.1 Å². The summed E-state index contributed by atoms with van der Waals surface area (Å²) in [5, 5.41) is 12.6. The fourth-order valence-electron chi connectivity index (χ4n) is 2.56.